The van der Waals surface area contributed by atoms with Gasteiger partial charge in [-0.2, -0.15) is 0 Å². The molecule has 0 amide bonds. The van der Waals surface area contributed by atoms with Crippen LogP contribution < -0.4 is 4.74 Å². The van der Waals surface area contributed by atoms with E-state index in [1.807, 2.05) is 30.3 Å². The molecule has 0 spiro atoms. The molecular weight excluding hydrogens is 372 g/mol. The Morgan fingerprint density at radius 1 is 1.12 bits per heavy atom. The highest BCUT2D eigenvalue weighted by Gasteiger charge is 2.24. The second-order valence-corrected chi connectivity index (χ2v) is 6.45. The summed E-state index contributed by atoms with van der Waals surface area (Å²) in [7, 11) is 2.75. The van der Waals surface area contributed by atoms with E-state index in [4.69, 9.17) is 26.4 Å². The van der Waals surface area contributed by atoms with Crippen molar-refractivity contribution in [3.8, 4) is 5.75 Å². The lowest BCUT2D eigenvalue weighted by atomic mass is 10.0. The molecular formula is C19H18O5S2. The molecule has 0 radical (unpaired) electrons. The summed E-state index contributed by atoms with van der Waals surface area (Å²) in [6, 6.07) is 12.9. The molecule has 5 nitrogen and oxygen atoms in total. The van der Waals surface area contributed by atoms with Crippen molar-refractivity contribution >= 4 is 41.3 Å². The fourth-order valence-corrected chi connectivity index (χ4v) is 3.24. The highest BCUT2D eigenvalue weighted by molar-refractivity contribution is 7.98. The predicted molar refractivity (Wildman–Crippen MR) is 104 cm³/mol. The van der Waals surface area contributed by atoms with Crippen molar-refractivity contribution in [2.45, 2.75) is 10.6 Å². The maximum Gasteiger partial charge on any atom is 0.339 e. The van der Waals surface area contributed by atoms with Crippen molar-refractivity contribution in [3.05, 3.63) is 59.2 Å². The number of methoxy groups -OCH3 is 2. The number of hydrogen-bond acceptors (Lipinski definition) is 7. The average molecular weight is 390 g/mol. The highest BCUT2D eigenvalue weighted by atomic mass is 32.2. The van der Waals surface area contributed by atoms with Crippen molar-refractivity contribution < 1.29 is 23.8 Å². The Balaban J connectivity index is 2.45. The van der Waals surface area contributed by atoms with E-state index in [0.29, 0.717) is 17.1 Å². The van der Waals surface area contributed by atoms with Gasteiger partial charge in [-0.1, -0.05) is 30.4 Å². The molecule has 0 heterocycles. The first-order chi connectivity index (χ1) is 12.6. The summed E-state index contributed by atoms with van der Waals surface area (Å²) in [5.41, 5.74) is 0.885. The molecule has 0 aromatic heterocycles. The summed E-state index contributed by atoms with van der Waals surface area (Å²) in [4.78, 5) is 25.8. The van der Waals surface area contributed by atoms with Crippen molar-refractivity contribution in [1.82, 2.24) is 0 Å². The van der Waals surface area contributed by atoms with Crippen LogP contribution in [0, 0.1) is 0 Å². The number of thiocarbonyl (C=S) groups is 1. The normalized spacial score (nSPS) is 10.1. The van der Waals surface area contributed by atoms with Gasteiger partial charge in [0.25, 0.3) is 0 Å². The second-order valence-electron chi connectivity index (χ2n) is 5.07. The quantitative estimate of drug-likeness (QED) is 0.384. The average Bonchev–Trinajstić information content (AvgIpc) is 2.69. The Kier molecular flexibility index (Phi) is 7.62. The summed E-state index contributed by atoms with van der Waals surface area (Å²) < 4.78 is 15.2. The molecule has 0 aliphatic rings. The van der Waals surface area contributed by atoms with Crippen molar-refractivity contribution in [3.63, 3.8) is 0 Å². The molecule has 0 fully saturated rings. The van der Waals surface area contributed by atoms with E-state index in [9.17, 15) is 9.59 Å². The van der Waals surface area contributed by atoms with Gasteiger partial charge in [-0.05, 0) is 29.8 Å². The van der Waals surface area contributed by atoms with Gasteiger partial charge >= 0.3 is 11.9 Å². The van der Waals surface area contributed by atoms with Gasteiger partial charge in [0.15, 0.2) is 0 Å². The van der Waals surface area contributed by atoms with Crippen LogP contribution in [-0.4, -0.2) is 38.1 Å². The minimum Gasteiger partial charge on any atom is -0.497 e. The van der Waals surface area contributed by atoms with Gasteiger partial charge in [0.1, 0.15) is 12.4 Å². The summed E-state index contributed by atoms with van der Waals surface area (Å²) >= 11 is 6.23. The van der Waals surface area contributed by atoms with Crippen molar-refractivity contribution in [1.29, 1.82) is 0 Å². The highest BCUT2D eigenvalue weighted by Crippen LogP contribution is 2.30. The first-order valence-electron chi connectivity index (χ1n) is 7.68. The monoisotopic (exact) mass is 390 g/mol. The molecule has 0 saturated carbocycles. The van der Waals surface area contributed by atoms with Crippen LogP contribution in [-0.2, 0) is 15.2 Å². The van der Waals surface area contributed by atoms with E-state index >= 15 is 0 Å². The molecule has 7 heteroatoms. The van der Waals surface area contributed by atoms with E-state index in [-0.39, 0.29) is 17.7 Å². The molecule has 0 N–H and O–H groups in total. The zero-order valence-electron chi connectivity index (χ0n) is 14.4. The maximum atomic E-state index is 12.5. The first-order valence-corrected chi connectivity index (χ1v) is 9.14. The molecule has 0 aliphatic carbocycles. The number of carbonyl (C=O) groups excluding carboxylic acids is 2. The summed E-state index contributed by atoms with van der Waals surface area (Å²) in [5.74, 6) is -0.352. The predicted octanol–water partition coefficient (Wildman–Crippen LogP) is 3.93. The molecule has 0 unspecified atom stereocenters. The van der Waals surface area contributed by atoms with E-state index < -0.39 is 11.9 Å². The minimum absolute atomic E-state index is 0.0217. The number of carbonyl (C=O) groups is 2. The molecule has 2 rings (SSSR count). The molecule has 2 aromatic carbocycles. The number of esters is 2. The Labute approximate surface area is 161 Å². The number of ether oxygens (including phenoxy) is 3. The first kappa shape index (κ1) is 19.9. The summed E-state index contributed by atoms with van der Waals surface area (Å²) in [5, 5.41) is 1.30. The van der Waals surface area contributed by atoms with Crippen molar-refractivity contribution in [2.24, 2.45) is 0 Å². The van der Waals surface area contributed by atoms with Gasteiger partial charge in [-0.15, -0.1) is 11.8 Å². The fraction of sp³-hybridized carbons (Fsp3) is 0.211. The molecule has 136 valence electrons. The zero-order valence-corrected chi connectivity index (χ0v) is 16.0. The summed E-state index contributed by atoms with van der Waals surface area (Å²) in [6.07, 6.45) is 0. The molecule has 0 atom stereocenters. The Bertz CT molecular complexity index is 790. The van der Waals surface area contributed by atoms with Crippen LogP contribution in [0.3, 0.4) is 0 Å². The molecule has 2 aromatic rings. The lowest BCUT2D eigenvalue weighted by Gasteiger charge is -2.15. The topological polar surface area (TPSA) is 61.8 Å². The molecule has 0 bridgehead atoms. The van der Waals surface area contributed by atoms with Gasteiger partial charge in [-0.3, -0.25) is 0 Å². The van der Waals surface area contributed by atoms with E-state index in [1.165, 1.54) is 37.4 Å². The van der Waals surface area contributed by atoms with Crippen LogP contribution in [0.5, 0.6) is 5.75 Å². The van der Waals surface area contributed by atoms with Crippen LogP contribution in [0.25, 0.3) is 0 Å². The van der Waals surface area contributed by atoms with Crippen LogP contribution >= 0.6 is 24.0 Å². The van der Waals surface area contributed by atoms with Crippen molar-refractivity contribution in [2.75, 3.05) is 20.8 Å². The van der Waals surface area contributed by atoms with Gasteiger partial charge in [-0.25, -0.2) is 9.59 Å². The summed E-state index contributed by atoms with van der Waals surface area (Å²) in [6.45, 7) is -0.0217. The van der Waals surface area contributed by atoms with E-state index in [0.717, 1.165) is 4.90 Å². The third-order valence-corrected chi connectivity index (χ3v) is 4.66. The minimum atomic E-state index is -0.635. The largest absolute Gasteiger partial charge is 0.497 e. The molecule has 0 saturated heterocycles. The fourth-order valence-electron chi connectivity index (χ4n) is 2.28. The second kappa shape index (κ2) is 9.94. The van der Waals surface area contributed by atoms with Gasteiger partial charge in [0.05, 0.1) is 25.3 Å². The van der Waals surface area contributed by atoms with Gasteiger partial charge in [0, 0.05) is 16.0 Å². The van der Waals surface area contributed by atoms with Gasteiger partial charge in [0.2, 0.25) is 0 Å². The van der Waals surface area contributed by atoms with Crippen LogP contribution in [0.1, 0.15) is 26.3 Å². The smallest absolute Gasteiger partial charge is 0.339 e. The Hall–Kier alpha value is -2.38. The molecule has 26 heavy (non-hydrogen) atoms. The third kappa shape index (κ3) is 5.06. The molecule has 0 aliphatic heterocycles. The lowest BCUT2D eigenvalue weighted by Crippen LogP contribution is -2.16. The number of benzene rings is 2. The SMILES string of the molecule is COC(=O)c1cc(OC)cc(CSc2ccccc2)c1C(=O)OCC=S. The Morgan fingerprint density at radius 3 is 2.46 bits per heavy atom. The number of thioether (sulfide) groups is 1. The lowest BCUT2D eigenvalue weighted by molar-refractivity contribution is 0.0534. The van der Waals surface area contributed by atoms with E-state index in [1.54, 1.807) is 6.07 Å². The van der Waals surface area contributed by atoms with Crippen LogP contribution in [0.4, 0.5) is 0 Å². The zero-order chi connectivity index (χ0) is 18.9. The number of rotatable bonds is 8. The standard InChI is InChI=1S/C19H18O5S2/c1-22-14-10-13(12-26-15-6-4-3-5-7-15)17(19(21)24-8-9-25)16(11-14)18(20)23-2/h3-7,9-11H,8,12H2,1-2H3. The van der Waals surface area contributed by atoms with Crippen LogP contribution in [0.2, 0.25) is 0 Å². The Morgan fingerprint density at radius 2 is 1.85 bits per heavy atom. The maximum absolute atomic E-state index is 12.5. The van der Waals surface area contributed by atoms with Gasteiger partial charge < -0.3 is 14.2 Å². The number of hydrogen-bond donors (Lipinski definition) is 0. The van der Waals surface area contributed by atoms with E-state index in [2.05, 4.69) is 0 Å². The third-order valence-electron chi connectivity index (χ3n) is 3.46. The van der Waals surface area contributed by atoms with Crippen LogP contribution in [0.15, 0.2) is 47.4 Å².